The predicted octanol–water partition coefficient (Wildman–Crippen LogP) is 1.91. The van der Waals surface area contributed by atoms with Crippen LogP contribution in [0.15, 0.2) is 47.4 Å². The minimum absolute atomic E-state index is 0.189. The van der Waals surface area contributed by atoms with E-state index >= 15 is 0 Å². The van der Waals surface area contributed by atoms with E-state index in [1.165, 1.54) is 24.4 Å². The lowest BCUT2D eigenvalue weighted by Gasteiger charge is -1.90. The van der Waals surface area contributed by atoms with Crippen molar-refractivity contribution in [1.82, 2.24) is 4.98 Å². The molecule has 0 saturated carbocycles. The Morgan fingerprint density at radius 1 is 1.00 bits per heavy atom. The molecule has 0 saturated heterocycles. The van der Waals surface area contributed by atoms with Gasteiger partial charge in [0.25, 0.3) is 0 Å². The van der Waals surface area contributed by atoms with Crippen molar-refractivity contribution in [3.05, 3.63) is 69.9 Å². The Morgan fingerprint density at radius 2 is 1.69 bits per heavy atom. The fraction of sp³-hybridized carbons (Fsp3) is 0. The highest BCUT2D eigenvalue weighted by atomic mass is 19.1. The van der Waals surface area contributed by atoms with Crippen molar-refractivity contribution in [1.29, 1.82) is 0 Å². The van der Waals surface area contributed by atoms with E-state index in [-0.39, 0.29) is 11.4 Å². The Balaban J connectivity index is 2.28. The minimum atomic E-state index is -0.290. The number of nitrogens with one attached hydrogen (secondary N) is 1. The molecule has 0 fully saturated rings. The summed E-state index contributed by atoms with van der Waals surface area (Å²) in [6, 6.07) is 9.00. The molecule has 2 rings (SSSR count). The third-order valence-electron chi connectivity index (χ3n) is 1.97. The highest BCUT2D eigenvalue weighted by molar-refractivity contribution is 5.41. The number of H-pyrrole nitrogens is 1. The number of benzene rings is 1. The van der Waals surface area contributed by atoms with Crippen LogP contribution in [0.4, 0.5) is 4.39 Å². The lowest BCUT2D eigenvalue weighted by Crippen LogP contribution is -2.02. The molecule has 0 radical (unpaired) electrons. The molecule has 1 aromatic heterocycles. The van der Waals surface area contributed by atoms with Crippen molar-refractivity contribution < 1.29 is 4.39 Å². The van der Waals surface area contributed by atoms with Crippen molar-refractivity contribution in [2.24, 2.45) is 0 Å². The lowest BCUT2D eigenvalue weighted by molar-refractivity contribution is 0.627. The molecule has 78 valence electrons. The SMILES string of the molecule is O=c1cc(C#Cc2ccc(F)cc2)cc[nH]1. The van der Waals surface area contributed by atoms with Crippen LogP contribution < -0.4 is 5.56 Å². The summed E-state index contributed by atoms with van der Waals surface area (Å²) >= 11 is 0. The van der Waals surface area contributed by atoms with E-state index < -0.39 is 0 Å². The summed E-state index contributed by atoms with van der Waals surface area (Å²) in [6.07, 6.45) is 1.54. The van der Waals surface area contributed by atoms with Crippen LogP contribution in [0.3, 0.4) is 0 Å². The Labute approximate surface area is 91.8 Å². The number of aromatic amines is 1. The second kappa shape index (κ2) is 4.45. The summed E-state index contributed by atoms with van der Waals surface area (Å²) in [5.74, 6) is 5.38. The molecule has 0 bridgehead atoms. The van der Waals surface area contributed by atoms with Crippen molar-refractivity contribution in [2.75, 3.05) is 0 Å². The molecule has 1 heterocycles. The van der Waals surface area contributed by atoms with Crippen LogP contribution in [0, 0.1) is 17.7 Å². The van der Waals surface area contributed by atoms with Gasteiger partial charge in [0.2, 0.25) is 5.56 Å². The maximum atomic E-state index is 12.6. The molecule has 0 aliphatic carbocycles. The van der Waals surface area contributed by atoms with Crippen LogP contribution >= 0.6 is 0 Å². The monoisotopic (exact) mass is 213 g/mol. The highest BCUT2D eigenvalue weighted by Crippen LogP contribution is 2.01. The van der Waals surface area contributed by atoms with Crippen LogP contribution in [-0.4, -0.2) is 4.98 Å². The second-order valence-electron chi connectivity index (χ2n) is 3.20. The van der Waals surface area contributed by atoms with Gasteiger partial charge in [-0.2, -0.15) is 0 Å². The molecular weight excluding hydrogens is 205 g/mol. The fourth-order valence-corrected chi connectivity index (χ4v) is 1.20. The molecule has 0 aliphatic heterocycles. The number of hydrogen-bond acceptors (Lipinski definition) is 1. The van der Waals surface area contributed by atoms with Crippen LogP contribution in [0.25, 0.3) is 0 Å². The van der Waals surface area contributed by atoms with E-state index in [0.717, 1.165) is 0 Å². The first kappa shape index (κ1) is 10.2. The van der Waals surface area contributed by atoms with E-state index in [4.69, 9.17) is 0 Å². The molecule has 0 spiro atoms. The zero-order valence-electron chi connectivity index (χ0n) is 8.33. The number of aromatic nitrogens is 1. The van der Waals surface area contributed by atoms with Crippen LogP contribution in [0.2, 0.25) is 0 Å². The summed E-state index contributed by atoms with van der Waals surface area (Å²) in [4.78, 5) is 13.5. The van der Waals surface area contributed by atoms with Crippen LogP contribution in [0.1, 0.15) is 11.1 Å². The minimum Gasteiger partial charge on any atom is -0.329 e. The van der Waals surface area contributed by atoms with Gasteiger partial charge in [-0.05, 0) is 30.3 Å². The van der Waals surface area contributed by atoms with Gasteiger partial charge >= 0.3 is 0 Å². The molecule has 1 aromatic carbocycles. The lowest BCUT2D eigenvalue weighted by atomic mass is 10.2. The van der Waals surface area contributed by atoms with Gasteiger partial charge in [0.15, 0.2) is 0 Å². The van der Waals surface area contributed by atoms with E-state index in [9.17, 15) is 9.18 Å². The molecule has 1 N–H and O–H groups in total. The Bertz CT molecular complexity index is 602. The average Bonchev–Trinajstić information content (AvgIpc) is 2.28. The summed E-state index contributed by atoms with van der Waals surface area (Å²) in [5, 5.41) is 0. The highest BCUT2D eigenvalue weighted by Gasteiger charge is 1.90. The van der Waals surface area contributed by atoms with Crippen molar-refractivity contribution in [3.63, 3.8) is 0 Å². The van der Waals surface area contributed by atoms with E-state index in [1.54, 1.807) is 18.2 Å². The van der Waals surface area contributed by atoms with Crippen LogP contribution in [0.5, 0.6) is 0 Å². The van der Waals surface area contributed by atoms with Gasteiger partial charge in [-0.3, -0.25) is 4.79 Å². The largest absolute Gasteiger partial charge is 0.329 e. The smallest absolute Gasteiger partial charge is 0.249 e. The molecule has 0 amide bonds. The van der Waals surface area contributed by atoms with E-state index in [2.05, 4.69) is 16.8 Å². The predicted molar refractivity (Wildman–Crippen MR) is 59.4 cm³/mol. The topological polar surface area (TPSA) is 32.9 Å². The third kappa shape index (κ3) is 2.58. The van der Waals surface area contributed by atoms with Crippen molar-refractivity contribution in [2.45, 2.75) is 0 Å². The Hall–Kier alpha value is -2.34. The third-order valence-corrected chi connectivity index (χ3v) is 1.97. The molecule has 0 unspecified atom stereocenters. The summed E-state index contributed by atoms with van der Waals surface area (Å²) in [7, 11) is 0. The number of hydrogen-bond donors (Lipinski definition) is 1. The molecule has 0 aliphatic rings. The fourth-order valence-electron chi connectivity index (χ4n) is 1.20. The normalized spacial score (nSPS) is 9.31. The summed E-state index contributed by atoms with van der Waals surface area (Å²) < 4.78 is 12.6. The molecule has 2 nitrogen and oxygen atoms in total. The van der Waals surface area contributed by atoms with Gasteiger partial charge in [-0.1, -0.05) is 11.8 Å². The van der Waals surface area contributed by atoms with E-state index in [0.29, 0.717) is 11.1 Å². The van der Waals surface area contributed by atoms with Gasteiger partial charge in [0.05, 0.1) is 0 Å². The summed E-state index contributed by atoms with van der Waals surface area (Å²) in [5.41, 5.74) is 1.15. The first-order valence-electron chi connectivity index (χ1n) is 4.70. The van der Waals surface area contributed by atoms with Gasteiger partial charge in [-0.15, -0.1) is 0 Å². The van der Waals surface area contributed by atoms with Crippen LogP contribution in [-0.2, 0) is 0 Å². The van der Waals surface area contributed by atoms with Gasteiger partial charge in [0, 0.05) is 23.4 Å². The quantitative estimate of drug-likeness (QED) is 0.666. The zero-order chi connectivity index (χ0) is 11.4. The van der Waals surface area contributed by atoms with Gasteiger partial charge < -0.3 is 4.98 Å². The number of rotatable bonds is 0. The molecular formula is C13H8FNO. The van der Waals surface area contributed by atoms with E-state index in [1.807, 2.05) is 0 Å². The average molecular weight is 213 g/mol. The number of pyridine rings is 1. The summed E-state index contributed by atoms with van der Waals surface area (Å²) in [6.45, 7) is 0. The Morgan fingerprint density at radius 3 is 2.38 bits per heavy atom. The molecule has 3 heteroatoms. The molecule has 16 heavy (non-hydrogen) atoms. The van der Waals surface area contributed by atoms with Crippen molar-refractivity contribution in [3.8, 4) is 11.8 Å². The maximum Gasteiger partial charge on any atom is 0.249 e. The maximum absolute atomic E-state index is 12.6. The first-order chi connectivity index (χ1) is 7.74. The molecule has 2 aromatic rings. The van der Waals surface area contributed by atoms with Crippen molar-refractivity contribution >= 4 is 0 Å². The molecule has 0 atom stereocenters. The standard InChI is InChI=1S/C13H8FNO/c14-12-5-3-10(4-6-12)1-2-11-7-8-15-13(16)9-11/h3-9H,(H,15,16). The Kier molecular flexibility index (Phi) is 2.84. The number of halogens is 1. The first-order valence-corrected chi connectivity index (χ1v) is 4.70. The van der Waals surface area contributed by atoms with Gasteiger partial charge in [-0.25, -0.2) is 4.39 Å². The van der Waals surface area contributed by atoms with Gasteiger partial charge in [0.1, 0.15) is 5.82 Å². The second-order valence-corrected chi connectivity index (χ2v) is 3.20. The zero-order valence-corrected chi connectivity index (χ0v) is 8.33.